The molecule has 1 aliphatic carbocycles. The fraction of sp³-hybridized carbons (Fsp3) is 0.316. The maximum absolute atomic E-state index is 13.3. The van der Waals surface area contributed by atoms with Crippen LogP contribution in [0.2, 0.25) is 0 Å². The molecule has 146 valence electrons. The number of nitrogens with two attached hydrogens (primary N) is 1. The number of carbonyl (C=O) groups is 1. The molecule has 2 N–H and O–H groups in total. The van der Waals surface area contributed by atoms with Crippen molar-refractivity contribution in [1.82, 2.24) is 9.78 Å². The average molecular weight is 406 g/mol. The van der Waals surface area contributed by atoms with Gasteiger partial charge in [-0.15, -0.1) is 11.3 Å². The number of halogens is 3. The molecule has 0 bridgehead atoms. The summed E-state index contributed by atoms with van der Waals surface area (Å²) in [6.45, 7) is -0.360. The summed E-state index contributed by atoms with van der Waals surface area (Å²) in [5.41, 5.74) is 6.43. The van der Waals surface area contributed by atoms with Gasteiger partial charge in [0, 0.05) is 32.3 Å². The summed E-state index contributed by atoms with van der Waals surface area (Å²) in [6.07, 6.45) is -2.28. The van der Waals surface area contributed by atoms with E-state index < -0.39 is 17.8 Å². The third kappa shape index (κ3) is 3.42. The average Bonchev–Trinajstić information content (AvgIpc) is 3.23. The minimum Gasteiger partial charge on any atom is -0.383 e. The summed E-state index contributed by atoms with van der Waals surface area (Å²) in [7, 11) is 0. The second-order valence-corrected chi connectivity index (χ2v) is 7.58. The van der Waals surface area contributed by atoms with Crippen LogP contribution in [-0.4, -0.2) is 21.5 Å². The highest BCUT2D eigenvalue weighted by atomic mass is 32.1. The molecule has 28 heavy (non-hydrogen) atoms. The largest absolute Gasteiger partial charge is 0.435 e. The van der Waals surface area contributed by atoms with E-state index in [-0.39, 0.29) is 17.9 Å². The molecule has 3 aromatic rings. The highest BCUT2D eigenvalue weighted by Gasteiger charge is 2.39. The van der Waals surface area contributed by atoms with E-state index in [4.69, 9.17) is 5.73 Å². The zero-order valence-electron chi connectivity index (χ0n) is 14.8. The maximum Gasteiger partial charge on any atom is 0.435 e. The van der Waals surface area contributed by atoms with Crippen molar-refractivity contribution in [3.63, 3.8) is 0 Å². The van der Waals surface area contributed by atoms with E-state index >= 15 is 0 Å². The molecular weight excluding hydrogens is 389 g/mol. The molecule has 5 nitrogen and oxygen atoms in total. The molecule has 0 aliphatic heterocycles. The molecule has 0 atom stereocenters. The van der Waals surface area contributed by atoms with Gasteiger partial charge < -0.3 is 5.73 Å². The number of aromatic nitrogens is 2. The van der Waals surface area contributed by atoms with Crippen LogP contribution >= 0.6 is 11.3 Å². The van der Waals surface area contributed by atoms with Crippen molar-refractivity contribution in [3.8, 4) is 0 Å². The van der Waals surface area contributed by atoms with E-state index in [9.17, 15) is 18.0 Å². The van der Waals surface area contributed by atoms with Gasteiger partial charge in [0.15, 0.2) is 5.69 Å². The van der Waals surface area contributed by atoms with E-state index in [0.29, 0.717) is 30.5 Å². The Morgan fingerprint density at radius 1 is 1.25 bits per heavy atom. The van der Waals surface area contributed by atoms with Crippen LogP contribution in [0.1, 0.15) is 35.4 Å². The summed E-state index contributed by atoms with van der Waals surface area (Å²) in [4.78, 5) is 16.3. The molecule has 0 radical (unpaired) electrons. The standard InChI is InChI=1S/C19H17F3N4OS/c20-19(21,22)17-12-6-1-3-7-14(12)26(25-17)9-16(27)24-18(23)13-10-28-15-8-4-2-5-11(13)15/h2,4-5,8,10H,1,3,6-7,9H2,(H2,23,24,27). The highest BCUT2D eigenvalue weighted by Crippen LogP contribution is 2.35. The van der Waals surface area contributed by atoms with Crippen molar-refractivity contribution >= 4 is 33.2 Å². The smallest absolute Gasteiger partial charge is 0.383 e. The lowest BCUT2D eigenvalue weighted by Gasteiger charge is -2.14. The van der Waals surface area contributed by atoms with E-state index in [0.717, 1.165) is 21.2 Å². The van der Waals surface area contributed by atoms with Crippen molar-refractivity contribution in [2.45, 2.75) is 38.4 Å². The summed E-state index contributed by atoms with van der Waals surface area (Å²) >= 11 is 1.48. The van der Waals surface area contributed by atoms with Crippen LogP contribution in [0, 0.1) is 0 Å². The maximum atomic E-state index is 13.3. The summed E-state index contributed by atoms with van der Waals surface area (Å²) < 4.78 is 41.9. The number of hydrogen-bond donors (Lipinski definition) is 1. The van der Waals surface area contributed by atoms with Crippen molar-refractivity contribution < 1.29 is 18.0 Å². The molecule has 1 aromatic carbocycles. The van der Waals surface area contributed by atoms with Gasteiger partial charge in [0.25, 0.3) is 5.91 Å². The van der Waals surface area contributed by atoms with E-state index in [1.54, 1.807) is 0 Å². The second-order valence-electron chi connectivity index (χ2n) is 6.67. The molecule has 4 rings (SSSR count). The van der Waals surface area contributed by atoms with E-state index in [1.165, 1.54) is 11.3 Å². The Morgan fingerprint density at radius 2 is 2.00 bits per heavy atom. The molecule has 0 fully saturated rings. The summed E-state index contributed by atoms with van der Waals surface area (Å²) in [6, 6.07) is 7.59. The van der Waals surface area contributed by atoms with Crippen molar-refractivity contribution in [2.24, 2.45) is 10.7 Å². The first-order valence-corrected chi connectivity index (χ1v) is 9.72. The van der Waals surface area contributed by atoms with Gasteiger partial charge in [0.1, 0.15) is 12.4 Å². The van der Waals surface area contributed by atoms with Gasteiger partial charge in [0.2, 0.25) is 0 Å². The number of nitrogens with zero attached hydrogens (tertiary/aromatic N) is 3. The van der Waals surface area contributed by atoms with Gasteiger partial charge in [-0.1, -0.05) is 18.2 Å². The van der Waals surface area contributed by atoms with Crippen LogP contribution in [0.5, 0.6) is 0 Å². The topological polar surface area (TPSA) is 73.3 Å². The molecule has 1 aliphatic rings. The quantitative estimate of drug-likeness (QED) is 0.529. The van der Waals surface area contributed by atoms with Crippen LogP contribution in [0.3, 0.4) is 0 Å². The lowest BCUT2D eigenvalue weighted by atomic mass is 9.95. The minimum absolute atomic E-state index is 0.0551. The number of thiophene rings is 1. The first-order valence-electron chi connectivity index (χ1n) is 8.84. The van der Waals surface area contributed by atoms with Gasteiger partial charge in [-0.05, 0) is 31.7 Å². The SMILES string of the molecule is NC(=NC(=O)Cn1nc(C(F)(F)F)c2c1CCCC2)c1csc2ccccc12. The monoisotopic (exact) mass is 406 g/mol. The van der Waals surface area contributed by atoms with E-state index in [1.807, 2.05) is 29.6 Å². The zero-order valence-corrected chi connectivity index (χ0v) is 15.6. The Kier molecular flexibility index (Phi) is 4.70. The van der Waals surface area contributed by atoms with Gasteiger partial charge in [-0.3, -0.25) is 9.48 Å². The predicted molar refractivity (Wildman–Crippen MR) is 101 cm³/mol. The number of amides is 1. The van der Waals surface area contributed by atoms with E-state index in [2.05, 4.69) is 10.1 Å². The number of alkyl halides is 3. The van der Waals surface area contributed by atoms with Crippen molar-refractivity contribution in [1.29, 1.82) is 0 Å². The predicted octanol–water partition coefficient (Wildman–Crippen LogP) is 3.93. The Hall–Kier alpha value is -2.68. The zero-order chi connectivity index (χ0) is 19.9. The number of hydrogen-bond acceptors (Lipinski definition) is 3. The molecule has 0 spiro atoms. The van der Waals surface area contributed by atoms with Crippen molar-refractivity contribution in [3.05, 3.63) is 52.2 Å². The third-order valence-electron chi connectivity index (χ3n) is 4.81. The Labute approximate surface area is 162 Å². The number of rotatable bonds is 3. The minimum atomic E-state index is -4.53. The molecule has 0 unspecified atom stereocenters. The number of amidine groups is 1. The number of aliphatic imine (C=N–C) groups is 1. The normalized spacial score (nSPS) is 15.0. The Balaban J connectivity index is 1.62. The Morgan fingerprint density at radius 3 is 2.79 bits per heavy atom. The first-order chi connectivity index (χ1) is 13.3. The van der Waals surface area contributed by atoms with Crippen LogP contribution in [0.25, 0.3) is 10.1 Å². The molecule has 0 saturated carbocycles. The fourth-order valence-corrected chi connectivity index (χ4v) is 4.52. The van der Waals surface area contributed by atoms with Gasteiger partial charge in [0.05, 0.1) is 0 Å². The number of carbonyl (C=O) groups excluding carboxylic acids is 1. The van der Waals surface area contributed by atoms with Crippen LogP contribution in [-0.2, 0) is 30.4 Å². The van der Waals surface area contributed by atoms with Crippen LogP contribution < -0.4 is 5.73 Å². The molecule has 2 aromatic heterocycles. The fourth-order valence-electron chi connectivity index (χ4n) is 3.56. The summed E-state index contributed by atoms with van der Waals surface area (Å²) in [5.74, 6) is -0.572. The highest BCUT2D eigenvalue weighted by molar-refractivity contribution is 7.17. The van der Waals surface area contributed by atoms with Crippen LogP contribution in [0.4, 0.5) is 13.2 Å². The Bertz CT molecular complexity index is 1080. The van der Waals surface area contributed by atoms with Gasteiger partial charge >= 0.3 is 6.18 Å². The number of benzene rings is 1. The van der Waals surface area contributed by atoms with Crippen LogP contribution in [0.15, 0.2) is 34.6 Å². The lowest BCUT2D eigenvalue weighted by Crippen LogP contribution is -2.19. The molecule has 9 heteroatoms. The van der Waals surface area contributed by atoms with Gasteiger partial charge in [-0.25, -0.2) is 0 Å². The lowest BCUT2D eigenvalue weighted by molar-refractivity contribution is -0.142. The molecule has 0 saturated heterocycles. The first kappa shape index (κ1) is 18.7. The molecule has 1 amide bonds. The molecule has 2 heterocycles. The third-order valence-corrected chi connectivity index (χ3v) is 5.78. The summed E-state index contributed by atoms with van der Waals surface area (Å²) in [5, 5.41) is 6.39. The molecular formula is C19H17F3N4OS. The van der Waals surface area contributed by atoms with Gasteiger partial charge in [-0.2, -0.15) is 23.3 Å². The van der Waals surface area contributed by atoms with Crippen molar-refractivity contribution in [2.75, 3.05) is 0 Å². The number of fused-ring (bicyclic) bond motifs is 2. The second kappa shape index (κ2) is 7.05.